The number of methoxy groups -OCH3 is 1. The Bertz CT molecular complexity index is 616. The highest BCUT2D eigenvalue weighted by Crippen LogP contribution is 2.28. The second-order valence-corrected chi connectivity index (χ2v) is 5.84. The summed E-state index contributed by atoms with van der Waals surface area (Å²) in [5.41, 5.74) is 0.844. The van der Waals surface area contributed by atoms with Crippen molar-refractivity contribution in [2.75, 3.05) is 26.9 Å². The predicted molar refractivity (Wildman–Crippen MR) is 102 cm³/mol. The number of ether oxygens (including phenoxy) is 4. The molecule has 1 N–H and O–H groups in total. The largest absolute Gasteiger partial charge is 0.493 e. The van der Waals surface area contributed by atoms with Gasteiger partial charge in [0.1, 0.15) is 0 Å². The minimum atomic E-state index is -0.750. The summed E-state index contributed by atoms with van der Waals surface area (Å²) in [6.45, 7) is 7.93. The molecule has 0 aliphatic heterocycles. The fraction of sp³-hybridized carbons (Fsp3) is 0.500. The number of benzene rings is 1. The topological polar surface area (TPSA) is 83.1 Å². The van der Waals surface area contributed by atoms with Crippen molar-refractivity contribution in [3.05, 3.63) is 36.4 Å². The Morgan fingerprint density at radius 1 is 1.30 bits per heavy atom. The van der Waals surface area contributed by atoms with E-state index in [0.717, 1.165) is 18.4 Å². The second kappa shape index (κ2) is 12.8. The molecular formula is C20H29NO6. The van der Waals surface area contributed by atoms with E-state index in [-0.39, 0.29) is 19.8 Å². The molecule has 0 bridgehead atoms. The van der Waals surface area contributed by atoms with E-state index in [1.54, 1.807) is 20.1 Å². The Morgan fingerprint density at radius 2 is 2.07 bits per heavy atom. The molecule has 1 aromatic carbocycles. The smallest absolute Gasteiger partial charge is 0.335 e. The molecule has 1 atom stereocenters. The summed E-state index contributed by atoms with van der Waals surface area (Å²) in [5, 5.41) is 2.69. The lowest BCUT2D eigenvalue weighted by atomic mass is 10.2. The lowest BCUT2D eigenvalue weighted by Crippen LogP contribution is -2.31. The van der Waals surface area contributed by atoms with Gasteiger partial charge >= 0.3 is 5.97 Å². The van der Waals surface area contributed by atoms with Gasteiger partial charge in [0, 0.05) is 6.54 Å². The van der Waals surface area contributed by atoms with Crippen LogP contribution in [0.4, 0.5) is 0 Å². The summed E-state index contributed by atoms with van der Waals surface area (Å²) in [4.78, 5) is 23.5. The molecule has 1 unspecified atom stereocenters. The zero-order valence-electron chi connectivity index (χ0n) is 16.3. The van der Waals surface area contributed by atoms with Crippen LogP contribution in [-0.4, -0.2) is 44.9 Å². The van der Waals surface area contributed by atoms with Gasteiger partial charge in [-0.15, -0.1) is 6.58 Å². The van der Waals surface area contributed by atoms with E-state index in [1.165, 1.54) is 6.08 Å². The van der Waals surface area contributed by atoms with Crippen LogP contribution in [0.25, 0.3) is 0 Å². The Balaban J connectivity index is 2.44. The van der Waals surface area contributed by atoms with Crippen LogP contribution in [0.3, 0.4) is 0 Å². The average Bonchev–Trinajstić information content (AvgIpc) is 2.69. The SMILES string of the molecule is C=CCOC(C)C(=O)OCC(=O)NCc1ccc(OCCCC)c(OC)c1. The van der Waals surface area contributed by atoms with Crippen molar-refractivity contribution in [2.45, 2.75) is 39.3 Å². The Morgan fingerprint density at radius 3 is 2.74 bits per heavy atom. The molecule has 1 amide bonds. The molecule has 1 rings (SSSR count). The van der Waals surface area contributed by atoms with Crippen molar-refractivity contribution >= 4 is 11.9 Å². The molecule has 0 aliphatic carbocycles. The van der Waals surface area contributed by atoms with Gasteiger partial charge in [-0.1, -0.05) is 25.5 Å². The molecule has 0 aliphatic rings. The fourth-order valence-corrected chi connectivity index (χ4v) is 2.05. The van der Waals surface area contributed by atoms with E-state index < -0.39 is 18.0 Å². The molecule has 0 aromatic heterocycles. The number of carbonyl (C=O) groups is 2. The lowest BCUT2D eigenvalue weighted by Gasteiger charge is -2.13. The number of nitrogens with one attached hydrogen (secondary N) is 1. The first kappa shape index (κ1) is 22.5. The first-order valence-corrected chi connectivity index (χ1v) is 8.97. The average molecular weight is 379 g/mol. The van der Waals surface area contributed by atoms with Crippen LogP contribution in [0.2, 0.25) is 0 Å². The molecule has 0 heterocycles. The first-order valence-electron chi connectivity index (χ1n) is 8.97. The van der Waals surface area contributed by atoms with E-state index in [4.69, 9.17) is 18.9 Å². The van der Waals surface area contributed by atoms with Crippen molar-refractivity contribution in [3.8, 4) is 11.5 Å². The van der Waals surface area contributed by atoms with Gasteiger partial charge in [0.2, 0.25) is 0 Å². The monoisotopic (exact) mass is 379 g/mol. The number of unbranched alkanes of at least 4 members (excludes halogenated alkanes) is 1. The van der Waals surface area contributed by atoms with Crippen LogP contribution in [0, 0.1) is 0 Å². The number of hydrogen-bond donors (Lipinski definition) is 1. The predicted octanol–water partition coefficient (Wildman–Crippen LogP) is 2.62. The molecule has 0 spiro atoms. The molecule has 0 saturated heterocycles. The highest BCUT2D eigenvalue weighted by atomic mass is 16.6. The van der Waals surface area contributed by atoms with Crippen LogP contribution in [0.15, 0.2) is 30.9 Å². The summed E-state index contributed by atoms with van der Waals surface area (Å²) < 4.78 is 21.1. The molecule has 0 saturated carbocycles. The van der Waals surface area contributed by atoms with Gasteiger partial charge < -0.3 is 24.3 Å². The Hall–Kier alpha value is -2.54. The van der Waals surface area contributed by atoms with E-state index in [2.05, 4.69) is 18.8 Å². The second-order valence-electron chi connectivity index (χ2n) is 5.84. The van der Waals surface area contributed by atoms with Gasteiger partial charge in [0.05, 0.1) is 20.3 Å². The number of esters is 1. The maximum Gasteiger partial charge on any atom is 0.335 e. The van der Waals surface area contributed by atoms with E-state index in [1.807, 2.05) is 12.1 Å². The van der Waals surface area contributed by atoms with Crippen LogP contribution < -0.4 is 14.8 Å². The zero-order valence-corrected chi connectivity index (χ0v) is 16.3. The molecule has 7 nitrogen and oxygen atoms in total. The Labute approximate surface area is 160 Å². The summed E-state index contributed by atoms with van der Waals surface area (Å²) >= 11 is 0. The molecule has 1 aromatic rings. The maximum absolute atomic E-state index is 11.9. The van der Waals surface area contributed by atoms with Gasteiger partial charge in [-0.3, -0.25) is 4.79 Å². The minimum Gasteiger partial charge on any atom is -0.493 e. The number of hydrogen-bond acceptors (Lipinski definition) is 6. The first-order chi connectivity index (χ1) is 13.0. The quantitative estimate of drug-likeness (QED) is 0.322. The normalized spacial score (nSPS) is 11.4. The molecular weight excluding hydrogens is 350 g/mol. The zero-order chi connectivity index (χ0) is 20.1. The van der Waals surface area contributed by atoms with Gasteiger partial charge in [0.25, 0.3) is 5.91 Å². The van der Waals surface area contributed by atoms with Crippen molar-refractivity contribution < 1.29 is 28.5 Å². The van der Waals surface area contributed by atoms with Crippen LogP contribution in [-0.2, 0) is 25.6 Å². The van der Waals surface area contributed by atoms with Crippen molar-refractivity contribution in [1.82, 2.24) is 5.32 Å². The molecule has 0 radical (unpaired) electrons. The van der Waals surface area contributed by atoms with Gasteiger partial charge in [-0.2, -0.15) is 0 Å². The minimum absolute atomic E-state index is 0.239. The summed E-state index contributed by atoms with van der Waals surface area (Å²) in [5.74, 6) is 0.282. The third-order valence-electron chi connectivity index (χ3n) is 3.61. The van der Waals surface area contributed by atoms with Crippen molar-refractivity contribution in [3.63, 3.8) is 0 Å². The van der Waals surface area contributed by atoms with Crippen LogP contribution in [0.1, 0.15) is 32.3 Å². The van der Waals surface area contributed by atoms with Gasteiger partial charge in [-0.05, 0) is 31.0 Å². The van der Waals surface area contributed by atoms with E-state index in [0.29, 0.717) is 18.1 Å². The lowest BCUT2D eigenvalue weighted by molar-refractivity contribution is -0.158. The van der Waals surface area contributed by atoms with Crippen molar-refractivity contribution in [1.29, 1.82) is 0 Å². The van der Waals surface area contributed by atoms with Gasteiger partial charge in [0.15, 0.2) is 24.2 Å². The maximum atomic E-state index is 11.9. The van der Waals surface area contributed by atoms with Crippen molar-refractivity contribution in [2.24, 2.45) is 0 Å². The molecule has 150 valence electrons. The fourth-order valence-electron chi connectivity index (χ4n) is 2.05. The highest BCUT2D eigenvalue weighted by molar-refractivity contribution is 5.81. The van der Waals surface area contributed by atoms with Crippen LogP contribution >= 0.6 is 0 Å². The summed E-state index contributed by atoms with van der Waals surface area (Å²) in [6.07, 6.45) is 2.80. The van der Waals surface area contributed by atoms with Crippen LogP contribution in [0.5, 0.6) is 11.5 Å². The standard InChI is InChI=1S/C20H29NO6/c1-5-7-11-26-17-9-8-16(12-18(17)24-4)13-21-19(22)14-27-20(23)15(3)25-10-6-2/h6,8-9,12,15H,2,5,7,10-11,13-14H2,1,3-4H3,(H,21,22). The molecule has 0 fully saturated rings. The van der Waals surface area contributed by atoms with E-state index >= 15 is 0 Å². The number of amides is 1. The molecule has 27 heavy (non-hydrogen) atoms. The van der Waals surface area contributed by atoms with E-state index in [9.17, 15) is 9.59 Å². The Kier molecular flexibility index (Phi) is 10.6. The third-order valence-corrected chi connectivity index (χ3v) is 3.61. The number of rotatable bonds is 13. The highest BCUT2D eigenvalue weighted by Gasteiger charge is 2.16. The third kappa shape index (κ3) is 8.59. The summed E-state index contributed by atoms with van der Waals surface area (Å²) in [7, 11) is 1.57. The summed E-state index contributed by atoms with van der Waals surface area (Å²) in [6, 6.07) is 5.47. The molecule has 7 heteroatoms. The number of carbonyl (C=O) groups excluding carboxylic acids is 2. The van der Waals surface area contributed by atoms with Gasteiger partial charge in [-0.25, -0.2) is 4.79 Å².